The quantitative estimate of drug-likeness (QED) is 0.855. The Balaban J connectivity index is 1.96. The van der Waals surface area contributed by atoms with Gasteiger partial charge in [0.05, 0.1) is 4.88 Å². The standard InChI is InChI=1S/C11H10BrNOS/c1-8-2-4-9(5-3-8)14-7-10-6-13-11(12)15-10/h2-6H,7H2,1H3. The maximum atomic E-state index is 5.61. The summed E-state index contributed by atoms with van der Waals surface area (Å²) in [4.78, 5) is 5.21. The highest BCUT2D eigenvalue weighted by Gasteiger charge is 2.00. The fraction of sp³-hybridized carbons (Fsp3) is 0.182. The Labute approximate surface area is 101 Å². The molecule has 4 heteroatoms. The number of hydrogen-bond donors (Lipinski definition) is 0. The average Bonchev–Trinajstić information content (AvgIpc) is 2.64. The van der Waals surface area contributed by atoms with Crippen LogP contribution < -0.4 is 4.74 Å². The average molecular weight is 284 g/mol. The molecule has 0 aliphatic carbocycles. The number of halogens is 1. The second-order valence-corrected chi connectivity index (χ2v) is 5.57. The first-order valence-electron chi connectivity index (χ1n) is 4.54. The van der Waals surface area contributed by atoms with Gasteiger partial charge in [0.25, 0.3) is 0 Å². The van der Waals surface area contributed by atoms with E-state index in [9.17, 15) is 0 Å². The fourth-order valence-corrected chi connectivity index (χ4v) is 2.41. The number of rotatable bonds is 3. The lowest BCUT2D eigenvalue weighted by molar-refractivity contribution is 0.309. The maximum Gasteiger partial charge on any atom is 0.159 e. The van der Waals surface area contributed by atoms with Crippen LogP contribution in [0, 0.1) is 6.92 Å². The minimum absolute atomic E-state index is 0.576. The maximum absolute atomic E-state index is 5.61. The summed E-state index contributed by atoms with van der Waals surface area (Å²) in [6, 6.07) is 8.03. The van der Waals surface area contributed by atoms with Gasteiger partial charge >= 0.3 is 0 Å². The van der Waals surface area contributed by atoms with E-state index >= 15 is 0 Å². The smallest absolute Gasteiger partial charge is 0.159 e. The van der Waals surface area contributed by atoms with Gasteiger partial charge < -0.3 is 4.74 Å². The summed E-state index contributed by atoms with van der Waals surface area (Å²) in [5.74, 6) is 0.894. The fourth-order valence-electron chi connectivity index (χ4n) is 1.14. The van der Waals surface area contributed by atoms with E-state index in [1.807, 2.05) is 30.5 Å². The van der Waals surface area contributed by atoms with E-state index in [-0.39, 0.29) is 0 Å². The molecule has 15 heavy (non-hydrogen) atoms. The van der Waals surface area contributed by atoms with Crippen LogP contribution >= 0.6 is 27.3 Å². The second-order valence-electron chi connectivity index (χ2n) is 3.18. The van der Waals surface area contributed by atoms with Gasteiger partial charge in [-0.05, 0) is 35.0 Å². The molecular weight excluding hydrogens is 274 g/mol. The number of nitrogens with zero attached hydrogens (tertiary/aromatic N) is 1. The van der Waals surface area contributed by atoms with Crippen LogP contribution in [0.25, 0.3) is 0 Å². The number of hydrogen-bond acceptors (Lipinski definition) is 3. The molecule has 78 valence electrons. The summed E-state index contributed by atoms with van der Waals surface area (Å²) in [7, 11) is 0. The van der Waals surface area contributed by atoms with Gasteiger partial charge in [-0.1, -0.05) is 17.7 Å². The third kappa shape index (κ3) is 3.04. The molecule has 0 saturated carbocycles. The van der Waals surface area contributed by atoms with E-state index in [0.29, 0.717) is 6.61 Å². The van der Waals surface area contributed by atoms with Gasteiger partial charge in [0.1, 0.15) is 12.4 Å². The van der Waals surface area contributed by atoms with E-state index in [1.165, 1.54) is 5.56 Å². The molecule has 0 aliphatic heterocycles. The molecule has 0 atom stereocenters. The lowest BCUT2D eigenvalue weighted by Gasteiger charge is -2.03. The van der Waals surface area contributed by atoms with Crippen LogP contribution in [0.15, 0.2) is 34.4 Å². The Kier molecular flexibility index (Phi) is 3.38. The Bertz CT molecular complexity index is 438. The van der Waals surface area contributed by atoms with E-state index in [2.05, 4.69) is 27.8 Å². The van der Waals surface area contributed by atoms with Crippen LogP contribution in [0.1, 0.15) is 10.4 Å². The van der Waals surface area contributed by atoms with Crippen molar-refractivity contribution < 1.29 is 4.74 Å². The van der Waals surface area contributed by atoms with Crippen molar-refractivity contribution in [1.29, 1.82) is 0 Å². The first kappa shape index (κ1) is 10.6. The van der Waals surface area contributed by atoms with Crippen LogP contribution in [-0.4, -0.2) is 4.98 Å². The highest BCUT2D eigenvalue weighted by atomic mass is 79.9. The first-order valence-corrected chi connectivity index (χ1v) is 6.14. The molecule has 2 nitrogen and oxygen atoms in total. The van der Waals surface area contributed by atoms with Gasteiger partial charge in [0.2, 0.25) is 0 Å². The molecule has 1 heterocycles. The van der Waals surface area contributed by atoms with Crippen molar-refractivity contribution >= 4 is 27.3 Å². The number of aromatic nitrogens is 1. The van der Waals surface area contributed by atoms with E-state index in [1.54, 1.807) is 11.3 Å². The Morgan fingerprint density at radius 1 is 1.33 bits per heavy atom. The molecule has 0 radical (unpaired) electrons. The molecule has 0 N–H and O–H groups in total. The summed E-state index contributed by atoms with van der Waals surface area (Å²) in [6.45, 7) is 2.64. The van der Waals surface area contributed by atoms with E-state index in [4.69, 9.17) is 4.74 Å². The van der Waals surface area contributed by atoms with Gasteiger partial charge in [0.15, 0.2) is 3.92 Å². The van der Waals surface area contributed by atoms with Gasteiger partial charge in [-0.15, -0.1) is 11.3 Å². The normalized spacial score (nSPS) is 10.3. The summed E-state index contributed by atoms with van der Waals surface area (Å²) in [5, 5.41) is 0. The van der Waals surface area contributed by atoms with Crippen LogP contribution in [0.5, 0.6) is 5.75 Å². The van der Waals surface area contributed by atoms with Gasteiger partial charge in [0, 0.05) is 6.20 Å². The predicted molar refractivity (Wildman–Crippen MR) is 65.3 cm³/mol. The Hall–Kier alpha value is -0.870. The van der Waals surface area contributed by atoms with Crippen molar-refractivity contribution in [2.45, 2.75) is 13.5 Å². The minimum Gasteiger partial charge on any atom is -0.488 e. The summed E-state index contributed by atoms with van der Waals surface area (Å²) < 4.78 is 6.50. The molecule has 0 fully saturated rings. The SMILES string of the molecule is Cc1ccc(OCc2cnc(Br)s2)cc1. The molecule has 0 bridgehead atoms. The molecule has 1 aromatic heterocycles. The van der Waals surface area contributed by atoms with Crippen molar-refractivity contribution in [2.24, 2.45) is 0 Å². The van der Waals surface area contributed by atoms with Gasteiger partial charge in [-0.2, -0.15) is 0 Å². The summed E-state index contributed by atoms with van der Waals surface area (Å²) in [6.07, 6.45) is 1.82. The summed E-state index contributed by atoms with van der Waals surface area (Å²) in [5.41, 5.74) is 1.24. The molecular formula is C11H10BrNOS. The first-order chi connectivity index (χ1) is 7.24. The summed E-state index contributed by atoms with van der Waals surface area (Å²) >= 11 is 4.91. The van der Waals surface area contributed by atoms with Crippen LogP contribution in [0.2, 0.25) is 0 Å². The predicted octanol–water partition coefficient (Wildman–Crippen LogP) is 3.79. The zero-order valence-corrected chi connectivity index (χ0v) is 10.6. The molecule has 0 amide bonds. The van der Waals surface area contributed by atoms with Gasteiger partial charge in [-0.3, -0.25) is 0 Å². The van der Waals surface area contributed by atoms with Crippen molar-refractivity contribution in [2.75, 3.05) is 0 Å². The zero-order chi connectivity index (χ0) is 10.7. The number of benzene rings is 1. The lowest BCUT2D eigenvalue weighted by atomic mass is 10.2. The third-order valence-electron chi connectivity index (χ3n) is 1.93. The molecule has 0 saturated heterocycles. The highest BCUT2D eigenvalue weighted by molar-refractivity contribution is 9.11. The molecule has 2 rings (SSSR count). The van der Waals surface area contributed by atoms with Crippen LogP contribution in [-0.2, 0) is 6.61 Å². The number of aryl methyl sites for hydroxylation is 1. The molecule has 0 aliphatic rings. The van der Waals surface area contributed by atoms with E-state index in [0.717, 1.165) is 14.5 Å². The van der Waals surface area contributed by atoms with Crippen molar-refractivity contribution in [1.82, 2.24) is 4.98 Å². The molecule has 0 spiro atoms. The van der Waals surface area contributed by atoms with Crippen LogP contribution in [0.4, 0.5) is 0 Å². The van der Waals surface area contributed by atoms with Crippen molar-refractivity contribution in [3.63, 3.8) is 0 Å². The topological polar surface area (TPSA) is 22.1 Å². The molecule has 0 unspecified atom stereocenters. The molecule has 1 aromatic carbocycles. The largest absolute Gasteiger partial charge is 0.488 e. The molecule has 2 aromatic rings. The van der Waals surface area contributed by atoms with Gasteiger partial charge in [-0.25, -0.2) is 4.98 Å². The minimum atomic E-state index is 0.576. The number of ether oxygens (including phenoxy) is 1. The van der Waals surface area contributed by atoms with Crippen molar-refractivity contribution in [3.05, 3.63) is 44.8 Å². The van der Waals surface area contributed by atoms with Crippen molar-refractivity contribution in [3.8, 4) is 5.75 Å². The lowest BCUT2D eigenvalue weighted by Crippen LogP contribution is -1.92. The monoisotopic (exact) mass is 283 g/mol. The Morgan fingerprint density at radius 2 is 2.07 bits per heavy atom. The van der Waals surface area contributed by atoms with Crippen LogP contribution in [0.3, 0.4) is 0 Å². The van der Waals surface area contributed by atoms with E-state index < -0.39 is 0 Å². The number of thiazole rings is 1. The second kappa shape index (κ2) is 4.77. The zero-order valence-electron chi connectivity index (χ0n) is 8.24. The third-order valence-corrected chi connectivity index (χ3v) is 3.38. The highest BCUT2D eigenvalue weighted by Crippen LogP contribution is 2.20. The Morgan fingerprint density at radius 3 is 2.67 bits per heavy atom.